The molecule has 1 saturated carbocycles. The molecule has 0 bridgehead atoms. The van der Waals surface area contributed by atoms with Crippen molar-refractivity contribution in [3.8, 4) is 0 Å². The van der Waals surface area contributed by atoms with Gasteiger partial charge in [-0.3, -0.25) is 4.99 Å². The second-order valence-electron chi connectivity index (χ2n) is 8.39. The number of hydrogen-bond acceptors (Lipinski definition) is 3. The van der Waals surface area contributed by atoms with E-state index in [1.165, 1.54) is 13.0 Å². The normalized spacial score (nSPS) is 29.1. The molecule has 28 heavy (non-hydrogen) atoms. The van der Waals surface area contributed by atoms with Crippen LogP contribution >= 0.6 is 0 Å². The van der Waals surface area contributed by atoms with E-state index < -0.39 is 0 Å². The monoisotopic (exact) mass is 388 g/mol. The molecule has 2 saturated heterocycles. The summed E-state index contributed by atoms with van der Waals surface area (Å²) in [6, 6.07) is 7.85. The third-order valence-corrected chi connectivity index (χ3v) is 6.20. The molecule has 4 rings (SSSR count). The smallest absolute Gasteiger partial charge is 0.191 e. The minimum absolute atomic E-state index is 0.0984. The standard InChI is InChI=1S/C22H33FN4O/c1-2-24-22(26-21-13-19(21)18-5-3-4-6-20(18)23)25-17-7-10-27(11-8-17)14-16-9-12-28-15-16/h3-6,16-17,19,21H,2,7-15H2,1H3,(H2,24,25,26). The van der Waals surface area contributed by atoms with Crippen LogP contribution in [0.1, 0.15) is 44.1 Å². The number of aliphatic imine (C=N–C) groups is 1. The fraction of sp³-hybridized carbons (Fsp3) is 0.682. The molecule has 0 amide bonds. The quantitative estimate of drug-likeness (QED) is 0.581. The number of benzene rings is 1. The van der Waals surface area contributed by atoms with Crippen LogP contribution < -0.4 is 10.6 Å². The van der Waals surface area contributed by atoms with Crippen LogP contribution in [0.15, 0.2) is 29.3 Å². The summed E-state index contributed by atoms with van der Waals surface area (Å²) in [5.41, 5.74) is 0.819. The molecule has 2 N–H and O–H groups in total. The van der Waals surface area contributed by atoms with Crippen molar-refractivity contribution in [2.45, 2.75) is 50.6 Å². The first-order valence-corrected chi connectivity index (χ1v) is 10.8. The van der Waals surface area contributed by atoms with Gasteiger partial charge >= 0.3 is 0 Å². The number of piperidine rings is 1. The Morgan fingerprint density at radius 3 is 2.75 bits per heavy atom. The average molecular weight is 389 g/mol. The van der Waals surface area contributed by atoms with Gasteiger partial charge in [0.2, 0.25) is 0 Å². The highest BCUT2D eigenvalue weighted by Crippen LogP contribution is 2.41. The predicted molar refractivity (Wildman–Crippen MR) is 110 cm³/mol. The molecule has 0 radical (unpaired) electrons. The molecule has 5 nitrogen and oxygen atoms in total. The molecule has 1 aliphatic carbocycles. The summed E-state index contributed by atoms with van der Waals surface area (Å²) in [7, 11) is 0. The van der Waals surface area contributed by atoms with Crippen molar-refractivity contribution in [1.82, 2.24) is 15.5 Å². The van der Waals surface area contributed by atoms with E-state index in [1.54, 1.807) is 12.1 Å². The first kappa shape index (κ1) is 19.6. The first-order valence-electron chi connectivity index (χ1n) is 10.8. The Hall–Kier alpha value is -1.66. The van der Waals surface area contributed by atoms with Gasteiger partial charge < -0.3 is 20.3 Å². The summed E-state index contributed by atoms with van der Waals surface area (Å²) in [4.78, 5) is 7.20. The Morgan fingerprint density at radius 1 is 1.21 bits per heavy atom. The van der Waals surface area contributed by atoms with Crippen molar-refractivity contribution >= 4 is 5.96 Å². The van der Waals surface area contributed by atoms with Gasteiger partial charge in [0.05, 0.1) is 6.61 Å². The number of hydrogen-bond donors (Lipinski definition) is 2. The maximum absolute atomic E-state index is 14.0. The van der Waals surface area contributed by atoms with E-state index >= 15 is 0 Å². The summed E-state index contributed by atoms with van der Waals surface area (Å²) in [5.74, 6) is 1.75. The molecular weight excluding hydrogens is 355 g/mol. The molecule has 0 spiro atoms. The highest BCUT2D eigenvalue weighted by atomic mass is 19.1. The Balaban J connectivity index is 1.24. The number of nitrogens with zero attached hydrogens (tertiary/aromatic N) is 2. The van der Waals surface area contributed by atoms with Crippen LogP contribution in [-0.4, -0.2) is 62.3 Å². The van der Waals surface area contributed by atoms with Gasteiger partial charge in [-0.1, -0.05) is 18.2 Å². The third kappa shape index (κ3) is 5.03. The molecule has 2 aliphatic heterocycles. The maximum atomic E-state index is 14.0. The summed E-state index contributed by atoms with van der Waals surface area (Å²) in [6.45, 7) is 8.10. The molecule has 1 aromatic rings. The van der Waals surface area contributed by atoms with Gasteiger partial charge in [-0.2, -0.15) is 0 Å². The number of halogens is 1. The minimum atomic E-state index is -0.0984. The van der Waals surface area contributed by atoms with Gasteiger partial charge in [-0.05, 0) is 50.2 Å². The Labute approximate surface area is 167 Å². The van der Waals surface area contributed by atoms with Crippen LogP contribution in [0.3, 0.4) is 0 Å². The van der Waals surface area contributed by atoms with E-state index in [0.717, 1.165) is 63.6 Å². The molecule has 3 aliphatic rings. The van der Waals surface area contributed by atoms with E-state index in [0.29, 0.717) is 12.0 Å². The zero-order valence-electron chi connectivity index (χ0n) is 16.9. The lowest BCUT2D eigenvalue weighted by Gasteiger charge is -2.34. The van der Waals surface area contributed by atoms with Gasteiger partial charge in [0, 0.05) is 50.8 Å². The molecular formula is C22H33FN4O. The highest BCUT2D eigenvalue weighted by molar-refractivity contribution is 5.81. The van der Waals surface area contributed by atoms with Crippen molar-refractivity contribution in [3.63, 3.8) is 0 Å². The van der Waals surface area contributed by atoms with Crippen LogP contribution in [0, 0.1) is 11.7 Å². The lowest BCUT2D eigenvalue weighted by Crippen LogP contribution is -2.50. The van der Waals surface area contributed by atoms with E-state index in [1.807, 2.05) is 12.1 Å². The van der Waals surface area contributed by atoms with E-state index in [2.05, 4.69) is 27.4 Å². The van der Waals surface area contributed by atoms with Crippen molar-refractivity contribution in [3.05, 3.63) is 35.6 Å². The number of rotatable bonds is 6. The molecule has 154 valence electrons. The zero-order valence-corrected chi connectivity index (χ0v) is 16.9. The van der Waals surface area contributed by atoms with Gasteiger partial charge in [0.1, 0.15) is 5.82 Å². The van der Waals surface area contributed by atoms with E-state index in [4.69, 9.17) is 4.74 Å². The lowest BCUT2D eigenvalue weighted by molar-refractivity contribution is 0.150. The fourth-order valence-corrected chi connectivity index (χ4v) is 4.49. The molecule has 6 heteroatoms. The van der Waals surface area contributed by atoms with E-state index in [9.17, 15) is 4.39 Å². The van der Waals surface area contributed by atoms with Crippen LogP contribution in [-0.2, 0) is 4.74 Å². The summed E-state index contributed by atoms with van der Waals surface area (Å²) >= 11 is 0. The molecule has 2 heterocycles. The second-order valence-corrected chi connectivity index (χ2v) is 8.39. The van der Waals surface area contributed by atoms with Crippen LogP contribution in [0.4, 0.5) is 4.39 Å². The molecule has 3 unspecified atom stereocenters. The van der Waals surface area contributed by atoms with Gasteiger partial charge in [-0.15, -0.1) is 0 Å². The Morgan fingerprint density at radius 2 is 2.04 bits per heavy atom. The van der Waals surface area contributed by atoms with Crippen molar-refractivity contribution in [2.75, 3.05) is 39.4 Å². The molecule has 3 fully saturated rings. The fourth-order valence-electron chi connectivity index (χ4n) is 4.49. The van der Waals surface area contributed by atoms with Crippen molar-refractivity contribution in [2.24, 2.45) is 10.9 Å². The van der Waals surface area contributed by atoms with Crippen LogP contribution in [0.2, 0.25) is 0 Å². The van der Waals surface area contributed by atoms with Crippen LogP contribution in [0.5, 0.6) is 0 Å². The Bertz CT molecular complexity index is 668. The third-order valence-electron chi connectivity index (χ3n) is 6.20. The van der Waals surface area contributed by atoms with Crippen LogP contribution in [0.25, 0.3) is 0 Å². The first-order chi connectivity index (χ1) is 13.7. The molecule has 1 aromatic carbocycles. The van der Waals surface area contributed by atoms with Crippen molar-refractivity contribution in [1.29, 1.82) is 0 Å². The van der Waals surface area contributed by atoms with Gasteiger partial charge in [0.25, 0.3) is 0 Å². The average Bonchev–Trinajstić information content (AvgIpc) is 3.25. The van der Waals surface area contributed by atoms with Gasteiger partial charge in [0.15, 0.2) is 5.96 Å². The number of likely N-dealkylation sites (tertiary alicyclic amines) is 1. The minimum Gasteiger partial charge on any atom is -0.381 e. The van der Waals surface area contributed by atoms with Crippen molar-refractivity contribution < 1.29 is 9.13 Å². The molecule has 0 aromatic heterocycles. The number of guanidine groups is 1. The zero-order chi connectivity index (χ0) is 19.3. The SMILES string of the molecule is CCN=C(NC1CCN(CC2CCOC2)CC1)NC1CC1c1ccccc1F. The maximum Gasteiger partial charge on any atom is 0.191 e. The number of nitrogens with one attached hydrogen (secondary N) is 2. The largest absolute Gasteiger partial charge is 0.381 e. The predicted octanol–water partition coefficient (Wildman–Crippen LogP) is 2.74. The Kier molecular flexibility index (Phi) is 6.47. The second kappa shape index (κ2) is 9.23. The van der Waals surface area contributed by atoms with E-state index in [-0.39, 0.29) is 17.8 Å². The number of ether oxygens (including phenoxy) is 1. The molecule has 3 atom stereocenters. The van der Waals surface area contributed by atoms with Gasteiger partial charge in [-0.25, -0.2) is 4.39 Å². The summed E-state index contributed by atoms with van der Waals surface area (Å²) in [5, 5.41) is 7.15. The summed E-state index contributed by atoms with van der Waals surface area (Å²) in [6.07, 6.45) is 4.45. The topological polar surface area (TPSA) is 48.9 Å². The lowest BCUT2D eigenvalue weighted by atomic mass is 10.0. The summed E-state index contributed by atoms with van der Waals surface area (Å²) < 4.78 is 19.5. The highest BCUT2D eigenvalue weighted by Gasteiger charge is 2.40.